The maximum absolute atomic E-state index is 13.9. The van der Waals surface area contributed by atoms with Gasteiger partial charge in [0.25, 0.3) is 0 Å². The van der Waals surface area contributed by atoms with Gasteiger partial charge in [0, 0.05) is 18.7 Å². The van der Waals surface area contributed by atoms with Crippen LogP contribution in [0, 0.1) is 11.6 Å². The Labute approximate surface area is 155 Å². The molecule has 0 unspecified atom stereocenters. The summed E-state index contributed by atoms with van der Waals surface area (Å²) >= 11 is 0. The van der Waals surface area contributed by atoms with Crippen molar-refractivity contribution in [1.29, 1.82) is 0 Å². The van der Waals surface area contributed by atoms with Crippen LogP contribution in [0.1, 0.15) is 37.4 Å². The highest BCUT2D eigenvalue weighted by Crippen LogP contribution is 2.27. The summed E-state index contributed by atoms with van der Waals surface area (Å²) in [7, 11) is 0. The normalized spacial score (nSPS) is 11.3. The number of nitrogens with zero attached hydrogens (tertiary/aromatic N) is 3. The zero-order chi connectivity index (χ0) is 19.4. The summed E-state index contributed by atoms with van der Waals surface area (Å²) in [4.78, 5) is 8.98. The second-order valence-corrected chi connectivity index (χ2v) is 6.52. The number of halogens is 2. The molecule has 0 saturated heterocycles. The van der Waals surface area contributed by atoms with E-state index in [0.717, 1.165) is 18.2 Å². The smallest absolute Gasteiger partial charge is 0.225 e. The Hall–Kier alpha value is -2.81. The molecule has 3 aromatic rings. The molecular weight excluding hydrogens is 352 g/mol. The molecule has 0 amide bonds. The number of anilines is 2. The van der Waals surface area contributed by atoms with Crippen molar-refractivity contribution >= 4 is 22.8 Å². The summed E-state index contributed by atoms with van der Waals surface area (Å²) in [6.45, 7) is 5.33. The lowest BCUT2D eigenvalue weighted by molar-refractivity contribution is 0.500. The van der Waals surface area contributed by atoms with Crippen molar-refractivity contribution in [2.24, 2.45) is 5.73 Å². The van der Waals surface area contributed by atoms with Crippen LogP contribution < -0.4 is 16.4 Å². The van der Waals surface area contributed by atoms with Gasteiger partial charge < -0.3 is 16.4 Å². The van der Waals surface area contributed by atoms with Crippen molar-refractivity contribution in [2.45, 2.75) is 32.7 Å². The highest BCUT2D eigenvalue weighted by atomic mass is 19.2. The SMILES string of the molecule is CC(C)c1[nH]nc2c(NCc3cccc(F)c3F)nc(NCCCN)nc12. The third kappa shape index (κ3) is 4.13. The van der Waals surface area contributed by atoms with Crippen LogP contribution in [-0.2, 0) is 6.54 Å². The first kappa shape index (κ1) is 19.0. The van der Waals surface area contributed by atoms with E-state index in [1.807, 2.05) is 13.8 Å². The Kier molecular flexibility index (Phi) is 5.80. The molecule has 3 rings (SSSR count). The molecule has 0 spiro atoms. The van der Waals surface area contributed by atoms with E-state index in [4.69, 9.17) is 5.73 Å². The fourth-order valence-electron chi connectivity index (χ4n) is 2.69. The topological polar surface area (TPSA) is 105 Å². The Balaban J connectivity index is 1.93. The van der Waals surface area contributed by atoms with Gasteiger partial charge in [0.05, 0.1) is 5.69 Å². The van der Waals surface area contributed by atoms with Crippen LogP contribution in [-0.4, -0.2) is 33.3 Å². The van der Waals surface area contributed by atoms with Gasteiger partial charge in [0.2, 0.25) is 5.95 Å². The first-order valence-corrected chi connectivity index (χ1v) is 8.88. The number of aromatic nitrogens is 4. The van der Waals surface area contributed by atoms with E-state index in [0.29, 0.717) is 35.9 Å². The number of aromatic amines is 1. The van der Waals surface area contributed by atoms with Crippen LogP contribution in [0.2, 0.25) is 0 Å². The van der Waals surface area contributed by atoms with Crippen molar-refractivity contribution in [3.05, 3.63) is 41.1 Å². The molecular formula is C18H23F2N7. The number of fused-ring (bicyclic) bond motifs is 1. The van der Waals surface area contributed by atoms with E-state index in [1.165, 1.54) is 12.1 Å². The Bertz CT molecular complexity index is 923. The minimum absolute atomic E-state index is 0.0712. The molecule has 0 atom stereocenters. The van der Waals surface area contributed by atoms with Crippen LogP contribution >= 0.6 is 0 Å². The van der Waals surface area contributed by atoms with Crippen LogP contribution in [0.4, 0.5) is 20.5 Å². The average Bonchev–Trinajstić information content (AvgIpc) is 3.07. The summed E-state index contributed by atoms with van der Waals surface area (Å²) in [5.74, 6) is -0.687. The van der Waals surface area contributed by atoms with Gasteiger partial charge in [-0.15, -0.1) is 0 Å². The predicted molar refractivity (Wildman–Crippen MR) is 102 cm³/mol. The first-order chi connectivity index (χ1) is 13.0. The molecule has 0 radical (unpaired) electrons. The lowest BCUT2D eigenvalue weighted by atomic mass is 10.1. The molecule has 144 valence electrons. The van der Waals surface area contributed by atoms with Gasteiger partial charge in [0.15, 0.2) is 23.0 Å². The zero-order valence-electron chi connectivity index (χ0n) is 15.3. The monoisotopic (exact) mass is 375 g/mol. The second kappa shape index (κ2) is 8.26. The molecule has 7 nitrogen and oxygen atoms in total. The van der Waals surface area contributed by atoms with Crippen molar-refractivity contribution < 1.29 is 8.78 Å². The molecule has 27 heavy (non-hydrogen) atoms. The van der Waals surface area contributed by atoms with Crippen LogP contribution in [0.25, 0.3) is 11.0 Å². The molecule has 0 aliphatic rings. The first-order valence-electron chi connectivity index (χ1n) is 8.88. The fraction of sp³-hybridized carbons (Fsp3) is 0.389. The summed E-state index contributed by atoms with van der Waals surface area (Å²) in [6.07, 6.45) is 0.779. The van der Waals surface area contributed by atoms with Crippen LogP contribution in [0.15, 0.2) is 18.2 Å². The third-order valence-corrected chi connectivity index (χ3v) is 4.15. The highest BCUT2D eigenvalue weighted by molar-refractivity contribution is 5.88. The van der Waals surface area contributed by atoms with Crippen molar-refractivity contribution in [3.8, 4) is 0 Å². The molecule has 0 bridgehead atoms. The predicted octanol–water partition coefficient (Wildman–Crippen LogP) is 3.13. The van der Waals surface area contributed by atoms with Gasteiger partial charge in [0.1, 0.15) is 5.52 Å². The van der Waals surface area contributed by atoms with Crippen molar-refractivity contribution in [3.63, 3.8) is 0 Å². The maximum atomic E-state index is 13.9. The van der Waals surface area contributed by atoms with E-state index in [-0.39, 0.29) is 18.0 Å². The number of rotatable bonds is 8. The third-order valence-electron chi connectivity index (χ3n) is 4.15. The number of H-pyrrole nitrogens is 1. The Morgan fingerprint density at radius 1 is 1.15 bits per heavy atom. The molecule has 0 aliphatic heterocycles. The molecule has 0 saturated carbocycles. The number of hydrogen-bond acceptors (Lipinski definition) is 6. The van der Waals surface area contributed by atoms with Gasteiger partial charge in [-0.25, -0.2) is 13.8 Å². The summed E-state index contributed by atoms with van der Waals surface area (Å²) in [5, 5.41) is 13.5. The largest absolute Gasteiger partial charge is 0.364 e. The molecule has 2 aromatic heterocycles. The number of benzene rings is 1. The van der Waals surface area contributed by atoms with Gasteiger partial charge in [-0.3, -0.25) is 5.10 Å². The number of nitrogens with one attached hydrogen (secondary N) is 3. The van der Waals surface area contributed by atoms with Gasteiger partial charge in [-0.1, -0.05) is 26.0 Å². The maximum Gasteiger partial charge on any atom is 0.225 e. The minimum atomic E-state index is -0.881. The molecule has 0 fully saturated rings. The molecule has 9 heteroatoms. The van der Waals surface area contributed by atoms with E-state index >= 15 is 0 Å². The average molecular weight is 375 g/mol. The lowest BCUT2D eigenvalue weighted by Crippen LogP contribution is -2.12. The van der Waals surface area contributed by atoms with Gasteiger partial charge in [-0.05, 0) is 24.9 Å². The zero-order valence-corrected chi connectivity index (χ0v) is 15.3. The lowest BCUT2D eigenvalue weighted by Gasteiger charge is -2.11. The summed E-state index contributed by atoms with van der Waals surface area (Å²) < 4.78 is 27.3. The fourth-order valence-corrected chi connectivity index (χ4v) is 2.69. The second-order valence-electron chi connectivity index (χ2n) is 6.52. The molecule has 0 aliphatic carbocycles. The molecule has 5 N–H and O–H groups in total. The summed E-state index contributed by atoms with van der Waals surface area (Å²) in [6, 6.07) is 4.08. The van der Waals surface area contributed by atoms with Crippen molar-refractivity contribution in [1.82, 2.24) is 20.2 Å². The molecule has 2 heterocycles. The highest BCUT2D eigenvalue weighted by Gasteiger charge is 2.17. The van der Waals surface area contributed by atoms with Crippen molar-refractivity contribution in [2.75, 3.05) is 23.7 Å². The standard InChI is InChI=1S/C18H23F2N7/c1-10(2)14-15-16(27-26-14)17(25-18(24-15)22-8-4-7-21)23-9-11-5-3-6-12(19)13(11)20/h3,5-6,10H,4,7-9,21H2,1-2H3,(H,26,27)(H2,22,23,24,25). The number of hydrogen-bond donors (Lipinski definition) is 4. The van der Waals surface area contributed by atoms with E-state index in [2.05, 4.69) is 30.8 Å². The van der Waals surface area contributed by atoms with E-state index in [9.17, 15) is 8.78 Å². The van der Waals surface area contributed by atoms with E-state index in [1.54, 1.807) is 0 Å². The Morgan fingerprint density at radius 3 is 2.70 bits per heavy atom. The quantitative estimate of drug-likeness (QED) is 0.451. The van der Waals surface area contributed by atoms with Crippen LogP contribution in [0.3, 0.4) is 0 Å². The number of nitrogens with two attached hydrogens (primary N) is 1. The van der Waals surface area contributed by atoms with Gasteiger partial charge in [-0.2, -0.15) is 10.1 Å². The Morgan fingerprint density at radius 2 is 1.96 bits per heavy atom. The summed E-state index contributed by atoms with van der Waals surface area (Å²) in [5.41, 5.74) is 7.86. The van der Waals surface area contributed by atoms with E-state index < -0.39 is 11.6 Å². The van der Waals surface area contributed by atoms with Crippen LogP contribution in [0.5, 0.6) is 0 Å². The minimum Gasteiger partial charge on any atom is -0.364 e. The molecule has 1 aromatic carbocycles. The van der Waals surface area contributed by atoms with Gasteiger partial charge >= 0.3 is 0 Å².